The predicted molar refractivity (Wildman–Crippen MR) is 75.4 cm³/mol. The molecule has 1 fully saturated rings. The van der Waals surface area contributed by atoms with Gasteiger partial charge in [-0.2, -0.15) is 0 Å². The summed E-state index contributed by atoms with van der Waals surface area (Å²) < 4.78 is 14.0. The molecule has 2 atom stereocenters. The molecule has 1 amide bonds. The van der Waals surface area contributed by atoms with Crippen LogP contribution in [0.4, 0.5) is 10.1 Å². The first-order valence-electron chi connectivity index (χ1n) is 6.92. The van der Waals surface area contributed by atoms with Crippen molar-refractivity contribution in [3.8, 4) is 0 Å². The molecule has 0 saturated carbocycles. The Bertz CT molecular complexity index is 562. The normalized spacial score (nSPS) is 20.1. The zero-order valence-electron chi connectivity index (χ0n) is 11.8. The van der Waals surface area contributed by atoms with Crippen LogP contribution in [0.25, 0.3) is 0 Å². The largest absolute Gasteiger partial charge is 0.334 e. The number of nitrogens with zero attached hydrogens (tertiary/aromatic N) is 2. The maximum absolute atomic E-state index is 14.0. The third-order valence-corrected chi connectivity index (χ3v) is 3.81. The third kappa shape index (κ3) is 3.18. The van der Waals surface area contributed by atoms with Crippen LogP contribution in [0.5, 0.6) is 0 Å². The van der Waals surface area contributed by atoms with Crippen molar-refractivity contribution in [2.24, 2.45) is 5.73 Å². The van der Waals surface area contributed by atoms with Gasteiger partial charge in [0.25, 0.3) is 11.6 Å². The molecule has 0 spiro atoms. The van der Waals surface area contributed by atoms with E-state index in [0.717, 1.165) is 31.4 Å². The van der Waals surface area contributed by atoms with E-state index in [-0.39, 0.29) is 23.3 Å². The molecule has 2 rings (SSSR count). The quantitative estimate of drug-likeness (QED) is 0.683. The first-order valence-corrected chi connectivity index (χ1v) is 6.92. The highest BCUT2D eigenvalue weighted by atomic mass is 19.1. The van der Waals surface area contributed by atoms with E-state index in [4.69, 9.17) is 5.73 Å². The minimum Gasteiger partial charge on any atom is -0.334 e. The van der Waals surface area contributed by atoms with E-state index in [2.05, 4.69) is 0 Å². The Kier molecular flexibility index (Phi) is 4.52. The van der Waals surface area contributed by atoms with Gasteiger partial charge in [-0.3, -0.25) is 14.9 Å². The number of rotatable bonds is 3. The average molecular weight is 295 g/mol. The van der Waals surface area contributed by atoms with Gasteiger partial charge in [-0.15, -0.1) is 0 Å². The van der Waals surface area contributed by atoms with E-state index in [1.807, 2.05) is 6.92 Å². The molecule has 0 radical (unpaired) electrons. The number of carbonyl (C=O) groups is 1. The lowest BCUT2D eigenvalue weighted by atomic mass is 9.96. The molecule has 1 aromatic rings. The smallest absolute Gasteiger partial charge is 0.272 e. The predicted octanol–water partition coefficient (Wildman–Crippen LogP) is 2.08. The number of nitrogens with two attached hydrogens (primary N) is 1. The maximum atomic E-state index is 14.0. The molecule has 0 bridgehead atoms. The molecular weight excluding hydrogens is 277 g/mol. The summed E-state index contributed by atoms with van der Waals surface area (Å²) >= 11 is 0. The number of carbonyl (C=O) groups excluding carboxylic acids is 1. The minimum absolute atomic E-state index is 0.124. The number of halogens is 1. The van der Waals surface area contributed by atoms with Gasteiger partial charge < -0.3 is 10.6 Å². The second-order valence-corrected chi connectivity index (χ2v) is 5.34. The number of likely N-dealkylation sites (tertiary alicyclic amines) is 1. The topological polar surface area (TPSA) is 89.5 Å². The van der Waals surface area contributed by atoms with E-state index in [1.54, 1.807) is 4.90 Å². The molecule has 1 aliphatic heterocycles. The second kappa shape index (κ2) is 6.17. The van der Waals surface area contributed by atoms with Crippen molar-refractivity contribution >= 4 is 11.6 Å². The fraction of sp³-hybridized carbons (Fsp3) is 0.500. The number of amides is 1. The van der Waals surface area contributed by atoms with Crippen LogP contribution in [0, 0.1) is 15.9 Å². The minimum atomic E-state index is -0.872. The lowest BCUT2D eigenvalue weighted by Crippen LogP contribution is -2.51. The molecular formula is C14H18FN3O3. The van der Waals surface area contributed by atoms with Gasteiger partial charge in [0.2, 0.25) is 0 Å². The van der Waals surface area contributed by atoms with Gasteiger partial charge >= 0.3 is 0 Å². The molecule has 1 aliphatic rings. The Labute approximate surface area is 121 Å². The summed E-state index contributed by atoms with van der Waals surface area (Å²) in [5.74, 6) is -1.33. The molecule has 114 valence electrons. The Hall–Kier alpha value is -2.02. The molecule has 0 aromatic heterocycles. The van der Waals surface area contributed by atoms with Crippen molar-refractivity contribution in [3.63, 3.8) is 0 Å². The first-order chi connectivity index (χ1) is 9.91. The van der Waals surface area contributed by atoms with Gasteiger partial charge in [0, 0.05) is 24.7 Å². The van der Waals surface area contributed by atoms with Crippen LogP contribution in [-0.2, 0) is 0 Å². The third-order valence-electron chi connectivity index (χ3n) is 3.81. The number of non-ortho nitro benzene ring substituents is 1. The number of hydrogen-bond donors (Lipinski definition) is 1. The lowest BCUT2D eigenvalue weighted by molar-refractivity contribution is -0.385. The Balaban J connectivity index is 2.28. The molecule has 2 unspecified atom stereocenters. The summed E-state index contributed by atoms with van der Waals surface area (Å²) in [7, 11) is 0. The monoisotopic (exact) mass is 295 g/mol. The summed E-state index contributed by atoms with van der Waals surface area (Å²) in [5.41, 5.74) is 5.38. The Morgan fingerprint density at radius 3 is 2.81 bits per heavy atom. The van der Waals surface area contributed by atoms with Crippen molar-refractivity contribution in [2.45, 2.75) is 38.3 Å². The number of benzene rings is 1. The van der Waals surface area contributed by atoms with Gasteiger partial charge in [-0.25, -0.2) is 4.39 Å². The second-order valence-electron chi connectivity index (χ2n) is 5.34. The molecule has 7 heteroatoms. The maximum Gasteiger partial charge on any atom is 0.272 e. The number of nitro groups is 1. The standard InChI is InChI=1S/C14H18FN3O3/c1-9(16)13-4-2-3-7-17(13)14(19)11-6-5-10(18(20)21)8-12(11)15/h5-6,8-9,13H,2-4,7,16H2,1H3. The van der Waals surface area contributed by atoms with E-state index in [1.165, 1.54) is 6.07 Å². The van der Waals surface area contributed by atoms with Crippen LogP contribution in [-0.4, -0.2) is 34.4 Å². The van der Waals surface area contributed by atoms with E-state index >= 15 is 0 Å². The van der Waals surface area contributed by atoms with Gasteiger partial charge in [-0.05, 0) is 32.3 Å². The molecule has 0 aliphatic carbocycles. The molecule has 1 aromatic carbocycles. The lowest BCUT2D eigenvalue weighted by Gasteiger charge is -2.38. The van der Waals surface area contributed by atoms with E-state index < -0.39 is 16.6 Å². The molecule has 21 heavy (non-hydrogen) atoms. The van der Waals surface area contributed by atoms with Crippen LogP contribution in [0.1, 0.15) is 36.5 Å². The van der Waals surface area contributed by atoms with Gasteiger partial charge in [0.05, 0.1) is 16.6 Å². The van der Waals surface area contributed by atoms with Gasteiger partial charge in [0.15, 0.2) is 0 Å². The summed E-state index contributed by atoms with van der Waals surface area (Å²) in [6, 6.07) is 2.76. The number of hydrogen-bond acceptors (Lipinski definition) is 4. The zero-order chi connectivity index (χ0) is 15.6. The molecule has 1 heterocycles. The van der Waals surface area contributed by atoms with Gasteiger partial charge in [0.1, 0.15) is 5.82 Å². The highest BCUT2D eigenvalue weighted by Crippen LogP contribution is 2.24. The molecule has 2 N–H and O–H groups in total. The summed E-state index contributed by atoms with van der Waals surface area (Å²) in [6.45, 7) is 2.35. The van der Waals surface area contributed by atoms with Crippen molar-refractivity contribution < 1.29 is 14.1 Å². The highest BCUT2D eigenvalue weighted by molar-refractivity contribution is 5.95. The number of piperidine rings is 1. The van der Waals surface area contributed by atoms with Crippen LogP contribution in [0.2, 0.25) is 0 Å². The van der Waals surface area contributed by atoms with Crippen LogP contribution < -0.4 is 5.73 Å². The SMILES string of the molecule is CC(N)C1CCCCN1C(=O)c1ccc([N+](=O)[O-])cc1F. The molecule has 1 saturated heterocycles. The summed E-state index contributed by atoms with van der Waals surface area (Å²) in [5, 5.41) is 10.6. The molecule has 6 nitrogen and oxygen atoms in total. The highest BCUT2D eigenvalue weighted by Gasteiger charge is 2.31. The van der Waals surface area contributed by atoms with Gasteiger partial charge in [-0.1, -0.05) is 0 Å². The Morgan fingerprint density at radius 1 is 1.52 bits per heavy atom. The van der Waals surface area contributed by atoms with Crippen molar-refractivity contribution in [3.05, 3.63) is 39.7 Å². The number of nitro benzene ring substituents is 1. The van der Waals surface area contributed by atoms with Crippen molar-refractivity contribution in [1.82, 2.24) is 4.90 Å². The van der Waals surface area contributed by atoms with E-state index in [0.29, 0.717) is 6.54 Å². The summed E-state index contributed by atoms with van der Waals surface area (Å²) in [4.78, 5) is 24.0. The van der Waals surface area contributed by atoms with Crippen LogP contribution in [0.3, 0.4) is 0 Å². The fourth-order valence-electron chi connectivity index (χ4n) is 2.70. The van der Waals surface area contributed by atoms with E-state index in [9.17, 15) is 19.3 Å². The van der Waals surface area contributed by atoms with Crippen molar-refractivity contribution in [2.75, 3.05) is 6.54 Å². The zero-order valence-corrected chi connectivity index (χ0v) is 11.8. The Morgan fingerprint density at radius 2 is 2.24 bits per heavy atom. The van der Waals surface area contributed by atoms with Crippen LogP contribution >= 0.6 is 0 Å². The van der Waals surface area contributed by atoms with Crippen molar-refractivity contribution in [1.29, 1.82) is 0 Å². The van der Waals surface area contributed by atoms with Crippen LogP contribution in [0.15, 0.2) is 18.2 Å². The summed E-state index contributed by atoms with van der Waals surface area (Å²) in [6.07, 6.45) is 2.63. The fourth-order valence-corrected chi connectivity index (χ4v) is 2.70. The first kappa shape index (κ1) is 15.4. The average Bonchev–Trinajstić information content (AvgIpc) is 2.46.